The van der Waals surface area contributed by atoms with Crippen LogP contribution in [0.25, 0.3) is 0 Å². The van der Waals surface area contributed by atoms with E-state index >= 15 is 0 Å². The zero-order valence-electron chi connectivity index (χ0n) is 11.9. The first-order valence-electron chi connectivity index (χ1n) is 6.63. The highest BCUT2D eigenvalue weighted by Crippen LogP contribution is 2.34. The third-order valence-corrected chi connectivity index (χ3v) is 3.09. The van der Waals surface area contributed by atoms with Gasteiger partial charge in [-0.25, -0.2) is 0 Å². The molecule has 0 heterocycles. The monoisotopic (exact) mass is 308 g/mol. The van der Waals surface area contributed by atoms with Crippen molar-refractivity contribution >= 4 is 17.3 Å². The summed E-state index contributed by atoms with van der Waals surface area (Å²) >= 11 is 0. The van der Waals surface area contributed by atoms with Gasteiger partial charge in [0, 0.05) is 5.69 Å². The molecule has 6 heteroatoms. The van der Waals surface area contributed by atoms with Gasteiger partial charge < -0.3 is 10.6 Å². The van der Waals surface area contributed by atoms with Crippen LogP contribution in [0.15, 0.2) is 48.5 Å². The highest BCUT2D eigenvalue weighted by atomic mass is 19.4. The van der Waals surface area contributed by atoms with Crippen LogP contribution in [0.5, 0.6) is 0 Å². The van der Waals surface area contributed by atoms with Crippen LogP contribution in [0.1, 0.15) is 11.1 Å². The molecular weight excluding hydrogens is 293 g/mol. The van der Waals surface area contributed by atoms with E-state index in [1.807, 2.05) is 25.1 Å². The van der Waals surface area contributed by atoms with Gasteiger partial charge in [0.2, 0.25) is 5.91 Å². The van der Waals surface area contributed by atoms with Crippen molar-refractivity contribution in [2.24, 2.45) is 0 Å². The Kier molecular flexibility index (Phi) is 4.70. The summed E-state index contributed by atoms with van der Waals surface area (Å²) in [6.07, 6.45) is -4.51. The Morgan fingerprint density at radius 3 is 2.23 bits per heavy atom. The minimum absolute atomic E-state index is 0.114. The lowest BCUT2D eigenvalue weighted by molar-refractivity contribution is -0.137. The maximum Gasteiger partial charge on any atom is 0.418 e. The molecule has 2 aromatic rings. The van der Waals surface area contributed by atoms with Gasteiger partial charge in [-0.3, -0.25) is 4.79 Å². The molecule has 0 aliphatic carbocycles. The maximum atomic E-state index is 12.8. The average molecular weight is 308 g/mol. The molecule has 2 N–H and O–H groups in total. The molecule has 0 fully saturated rings. The summed E-state index contributed by atoms with van der Waals surface area (Å²) in [6, 6.07) is 12.2. The first-order valence-corrected chi connectivity index (χ1v) is 6.63. The van der Waals surface area contributed by atoms with Crippen LogP contribution >= 0.6 is 0 Å². The van der Waals surface area contributed by atoms with Gasteiger partial charge in [0.15, 0.2) is 0 Å². The summed E-state index contributed by atoms with van der Waals surface area (Å²) in [5.74, 6) is -0.542. The third kappa shape index (κ3) is 4.00. The number of benzene rings is 2. The molecule has 2 aromatic carbocycles. The molecule has 3 nitrogen and oxygen atoms in total. The van der Waals surface area contributed by atoms with E-state index in [0.29, 0.717) is 0 Å². The van der Waals surface area contributed by atoms with Gasteiger partial charge in [0.1, 0.15) is 0 Å². The van der Waals surface area contributed by atoms with Gasteiger partial charge in [-0.1, -0.05) is 30.3 Å². The number of hydrogen-bond acceptors (Lipinski definition) is 2. The van der Waals surface area contributed by atoms with Gasteiger partial charge in [-0.05, 0) is 30.7 Å². The number of halogens is 3. The van der Waals surface area contributed by atoms with Crippen molar-refractivity contribution in [3.05, 3.63) is 59.7 Å². The molecule has 1 amide bonds. The number of aryl methyl sites for hydroxylation is 1. The Labute approximate surface area is 126 Å². The maximum absolute atomic E-state index is 12.8. The fraction of sp³-hybridized carbons (Fsp3) is 0.188. The molecule has 0 saturated carbocycles. The second kappa shape index (κ2) is 6.51. The highest BCUT2D eigenvalue weighted by molar-refractivity contribution is 5.94. The smallest absolute Gasteiger partial charge is 0.376 e. The second-order valence-electron chi connectivity index (χ2n) is 4.76. The van der Waals surface area contributed by atoms with Crippen LogP contribution in [0.2, 0.25) is 0 Å². The molecule has 0 saturated heterocycles. The lowest BCUT2D eigenvalue weighted by Crippen LogP contribution is -2.23. The predicted octanol–water partition coefficient (Wildman–Crippen LogP) is 4.06. The number of hydrogen-bond donors (Lipinski definition) is 2. The molecular formula is C16H15F3N2O. The van der Waals surface area contributed by atoms with Crippen LogP contribution in [0.4, 0.5) is 24.5 Å². The number of nitrogens with one attached hydrogen (secondary N) is 2. The standard InChI is InChI=1S/C16H15F3N2O/c1-11-6-2-4-8-13(11)20-10-15(22)21-14-9-5-3-7-12(14)16(17,18)19/h2-9,20H,10H2,1H3,(H,21,22). The van der Waals surface area contributed by atoms with Gasteiger partial charge in [0.05, 0.1) is 17.8 Å². The van der Waals surface area contributed by atoms with Crippen LogP contribution in [0, 0.1) is 6.92 Å². The fourth-order valence-electron chi connectivity index (χ4n) is 1.98. The number of para-hydroxylation sites is 2. The van der Waals surface area contributed by atoms with Crippen molar-refractivity contribution in [2.45, 2.75) is 13.1 Å². The van der Waals surface area contributed by atoms with Crippen molar-refractivity contribution in [1.29, 1.82) is 0 Å². The molecule has 0 aliphatic heterocycles. The Hall–Kier alpha value is -2.50. The van der Waals surface area contributed by atoms with Crippen LogP contribution in [-0.2, 0) is 11.0 Å². The Morgan fingerprint density at radius 1 is 1.00 bits per heavy atom. The number of carbonyl (C=O) groups excluding carboxylic acids is 1. The number of anilines is 2. The van der Waals surface area contributed by atoms with E-state index in [9.17, 15) is 18.0 Å². The lowest BCUT2D eigenvalue weighted by Gasteiger charge is -2.14. The van der Waals surface area contributed by atoms with Gasteiger partial charge in [0.25, 0.3) is 0 Å². The lowest BCUT2D eigenvalue weighted by atomic mass is 10.1. The zero-order chi connectivity index (χ0) is 16.2. The Bertz CT molecular complexity index is 668. The van der Waals surface area contributed by atoms with Gasteiger partial charge in [-0.15, -0.1) is 0 Å². The first-order chi connectivity index (χ1) is 10.4. The van der Waals surface area contributed by atoms with Gasteiger partial charge in [-0.2, -0.15) is 13.2 Å². The van der Waals surface area contributed by atoms with E-state index in [1.54, 1.807) is 6.07 Å². The SMILES string of the molecule is Cc1ccccc1NCC(=O)Nc1ccccc1C(F)(F)F. The second-order valence-corrected chi connectivity index (χ2v) is 4.76. The molecule has 0 bridgehead atoms. The number of amides is 1. The van der Waals surface area contributed by atoms with Gasteiger partial charge >= 0.3 is 6.18 Å². The van der Waals surface area contributed by atoms with Crippen LogP contribution in [0.3, 0.4) is 0 Å². The minimum Gasteiger partial charge on any atom is -0.376 e. The summed E-state index contributed by atoms with van der Waals surface area (Å²) in [5, 5.41) is 5.18. The predicted molar refractivity (Wildman–Crippen MR) is 79.7 cm³/mol. The van der Waals surface area contributed by atoms with Crippen molar-refractivity contribution in [1.82, 2.24) is 0 Å². The summed E-state index contributed by atoms with van der Waals surface area (Å²) in [6.45, 7) is 1.76. The summed E-state index contributed by atoms with van der Waals surface area (Å²) in [4.78, 5) is 11.8. The molecule has 22 heavy (non-hydrogen) atoms. The molecule has 0 unspecified atom stereocenters. The molecule has 0 aliphatic rings. The van der Waals surface area contributed by atoms with Crippen molar-refractivity contribution in [3.63, 3.8) is 0 Å². The van der Waals surface area contributed by atoms with Crippen molar-refractivity contribution in [2.75, 3.05) is 17.2 Å². The Morgan fingerprint density at radius 2 is 1.59 bits per heavy atom. The molecule has 0 radical (unpaired) electrons. The molecule has 0 spiro atoms. The van der Waals surface area contributed by atoms with E-state index in [1.165, 1.54) is 18.2 Å². The molecule has 0 atom stereocenters. The quantitative estimate of drug-likeness (QED) is 0.894. The first kappa shape index (κ1) is 15.9. The molecule has 116 valence electrons. The number of rotatable bonds is 4. The number of alkyl halides is 3. The van der Waals surface area contributed by atoms with Crippen LogP contribution < -0.4 is 10.6 Å². The van der Waals surface area contributed by atoms with E-state index in [4.69, 9.17) is 0 Å². The van der Waals surface area contributed by atoms with Crippen molar-refractivity contribution in [3.8, 4) is 0 Å². The zero-order valence-corrected chi connectivity index (χ0v) is 11.9. The van der Waals surface area contributed by atoms with E-state index in [-0.39, 0.29) is 12.2 Å². The highest BCUT2D eigenvalue weighted by Gasteiger charge is 2.33. The van der Waals surface area contributed by atoms with Crippen molar-refractivity contribution < 1.29 is 18.0 Å². The summed E-state index contributed by atoms with van der Waals surface area (Å²) in [5.41, 5.74) is 0.610. The minimum atomic E-state index is -4.51. The fourth-order valence-corrected chi connectivity index (χ4v) is 1.98. The van der Waals surface area contributed by atoms with Crippen LogP contribution in [-0.4, -0.2) is 12.5 Å². The molecule has 0 aromatic heterocycles. The van der Waals surface area contributed by atoms with E-state index < -0.39 is 17.6 Å². The molecule has 2 rings (SSSR count). The summed E-state index contributed by atoms with van der Waals surface area (Å²) < 4.78 is 38.5. The largest absolute Gasteiger partial charge is 0.418 e. The van der Waals surface area contributed by atoms with E-state index in [0.717, 1.165) is 17.3 Å². The average Bonchev–Trinajstić information content (AvgIpc) is 2.46. The summed E-state index contributed by atoms with van der Waals surface area (Å²) in [7, 11) is 0. The topological polar surface area (TPSA) is 41.1 Å². The third-order valence-electron chi connectivity index (χ3n) is 3.09. The van der Waals surface area contributed by atoms with E-state index in [2.05, 4.69) is 10.6 Å². The normalized spacial score (nSPS) is 11.1. The Balaban J connectivity index is 2.03. The number of carbonyl (C=O) groups is 1.